The predicted octanol–water partition coefficient (Wildman–Crippen LogP) is 6.17. The lowest BCUT2D eigenvalue weighted by atomic mass is 9.81. The van der Waals surface area contributed by atoms with Crippen molar-refractivity contribution >= 4 is 17.7 Å². The predicted molar refractivity (Wildman–Crippen MR) is 135 cm³/mol. The topological polar surface area (TPSA) is 69.7 Å². The number of carbonyl (C=O) groups is 3. The Labute approximate surface area is 207 Å². The molecule has 0 N–H and O–H groups in total. The molecule has 5 heteroatoms. The number of hydrogen-bond acceptors (Lipinski definition) is 5. The van der Waals surface area contributed by atoms with Crippen molar-refractivity contribution in [2.45, 2.75) is 65.1 Å². The van der Waals surface area contributed by atoms with Crippen LogP contribution in [-0.2, 0) is 19.1 Å². The van der Waals surface area contributed by atoms with E-state index in [2.05, 4.69) is 6.92 Å². The Morgan fingerprint density at radius 2 is 1.74 bits per heavy atom. The van der Waals surface area contributed by atoms with E-state index in [4.69, 9.17) is 9.47 Å². The summed E-state index contributed by atoms with van der Waals surface area (Å²) >= 11 is 0. The molecule has 2 aromatic carbocycles. The Hall–Kier alpha value is -3.21. The summed E-state index contributed by atoms with van der Waals surface area (Å²) < 4.78 is 11.4. The maximum Gasteiger partial charge on any atom is 0.338 e. The summed E-state index contributed by atoms with van der Waals surface area (Å²) in [6, 6.07) is 17.3. The van der Waals surface area contributed by atoms with Gasteiger partial charge >= 0.3 is 11.9 Å². The number of rotatable bonds is 9. The van der Waals surface area contributed by atoms with Crippen LogP contribution in [0.2, 0.25) is 0 Å². The van der Waals surface area contributed by atoms with Crippen molar-refractivity contribution in [3.05, 3.63) is 72.3 Å². The summed E-state index contributed by atoms with van der Waals surface area (Å²) in [6.07, 6.45) is 6.34. The molecule has 0 bridgehead atoms. The monoisotopic (exact) mass is 474 g/mol. The maximum atomic E-state index is 13.0. The van der Waals surface area contributed by atoms with Crippen LogP contribution in [0.15, 0.2) is 66.7 Å². The second-order valence-electron chi connectivity index (χ2n) is 10.3. The van der Waals surface area contributed by atoms with Gasteiger partial charge in [-0.15, -0.1) is 0 Å². The molecule has 2 aromatic rings. The molecule has 4 atom stereocenters. The zero-order valence-electron chi connectivity index (χ0n) is 20.7. The van der Waals surface area contributed by atoms with Gasteiger partial charge in [0.1, 0.15) is 12.2 Å². The number of benzene rings is 2. The van der Waals surface area contributed by atoms with Crippen molar-refractivity contribution in [3.8, 4) is 11.1 Å². The van der Waals surface area contributed by atoms with Gasteiger partial charge in [0, 0.05) is 23.7 Å². The Kier molecular flexibility index (Phi) is 7.54. The lowest BCUT2D eigenvalue weighted by molar-refractivity contribution is -0.141. The molecular weight excluding hydrogens is 440 g/mol. The average molecular weight is 475 g/mol. The van der Waals surface area contributed by atoms with Crippen LogP contribution in [0.1, 0.15) is 63.2 Å². The van der Waals surface area contributed by atoms with Crippen LogP contribution in [0.5, 0.6) is 0 Å². The van der Waals surface area contributed by atoms with E-state index in [0.29, 0.717) is 12.0 Å². The molecule has 35 heavy (non-hydrogen) atoms. The van der Waals surface area contributed by atoms with Crippen LogP contribution in [0.25, 0.3) is 11.1 Å². The van der Waals surface area contributed by atoms with Gasteiger partial charge in [0.15, 0.2) is 5.78 Å². The first-order chi connectivity index (χ1) is 16.8. The molecule has 5 nitrogen and oxygen atoms in total. The number of esters is 2. The fourth-order valence-corrected chi connectivity index (χ4v) is 5.09. The van der Waals surface area contributed by atoms with Crippen molar-refractivity contribution in [1.82, 2.24) is 0 Å². The fourth-order valence-electron chi connectivity index (χ4n) is 5.09. The minimum Gasteiger partial charge on any atom is -0.462 e. The summed E-state index contributed by atoms with van der Waals surface area (Å²) in [6.45, 7) is 6.04. The molecule has 4 rings (SSSR count). The molecule has 0 aromatic heterocycles. The third kappa shape index (κ3) is 5.72. The first-order valence-corrected chi connectivity index (χ1v) is 12.6. The Morgan fingerprint density at radius 1 is 1.06 bits per heavy atom. The van der Waals surface area contributed by atoms with Gasteiger partial charge < -0.3 is 9.47 Å². The van der Waals surface area contributed by atoms with E-state index >= 15 is 0 Å². The summed E-state index contributed by atoms with van der Waals surface area (Å²) in [4.78, 5) is 37.8. The zero-order valence-corrected chi connectivity index (χ0v) is 20.7. The van der Waals surface area contributed by atoms with Crippen LogP contribution < -0.4 is 0 Å². The number of carbonyl (C=O) groups excluding carboxylic acids is 3. The average Bonchev–Trinajstić information content (AvgIpc) is 3.37. The number of ether oxygens (including phenoxy) is 2. The Balaban J connectivity index is 1.47. The highest BCUT2D eigenvalue weighted by Gasteiger charge is 2.50. The van der Waals surface area contributed by atoms with Gasteiger partial charge in [-0.05, 0) is 35.8 Å². The van der Waals surface area contributed by atoms with Crippen LogP contribution in [0.4, 0.5) is 0 Å². The van der Waals surface area contributed by atoms with Gasteiger partial charge in [0.25, 0.3) is 0 Å². The molecule has 0 spiro atoms. The molecule has 0 radical (unpaired) electrons. The van der Waals surface area contributed by atoms with Crippen molar-refractivity contribution < 1.29 is 23.9 Å². The first kappa shape index (κ1) is 24.9. The van der Waals surface area contributed by atoms with Crippen molar-refractivity contribution in [2.75, 3.05) is 0 Å². The smallest absolute Gasteiger partial charge is 0.338 e. The number of ketones is 1. The minimum atomic E-state index is -0.445. The van der Waals surface area contributed by atoms with Crippen LogP contribution >= 0.6 is 0 Å². The zero-order chi connectivity index (χ0) is 25.0. The van der Waals surface area contributed by atoms with E-state index in [0.717, 1.165) is 30.4 Å². The third-order valence-electron chi connectivity index (χ3n) is 7.33. The molecule has 184 valence electrons. The Morgan fingerprint density at radius 3 is 2.43 bits per heavy atom. The maximum absolute atomic E-state index is 13.0. The summed E-state index contributed by atoms with van der Waals surface area (Å²) in [7, 11) is 0. The van der Waals surface area contributed by atoms with E-state index in [9.17, 15) is 14.4 Å². The van der Waals surface area contributed by atoms with Gasteiger partial charge in [-0.2, -0.15) is 0 Å². The molecule has 4 unspecified atom stereocenters. The van der Waals surface area contributed by atoms with E-state index in [1.807, 2.05) is 62.4 Å². The quantitative estimate of drug-likeness (QED) is 0.321. The van der Waals surface area contributed by atoms with Gasteiger partial charge in [-0.3, -0.25) is 9.59 Å². The van der Waals surface area contributed by atoms with E-state index in [1.54, 1.807) is 18.2 Å². The third-order valence-corrected chi connectivity index (χ3v) is 7.33. The summed E-state index contributed by atoms with van der Waals surface area (Å²) in [5, 5.41) is 0. The SMILES string of the molecule is CCCCC(C)(C)C(=O)/C=C/C1C(OC(=O)c2ccc(-c3ccccc3)cc2)CC2OC(=O)CC21. The summed E-state index contributed by atoms with van der Waals surface area (Å²) in [5.74, 6) is -0.891. The normalized spacial score (nSPS) is 23.8. The van der Waals surface area contributed by atoms with Crippen LogP contribution in [-0.4, -0.2) is 29.9 Å². The van der Waals surface area contributed by atoms with Gasteiger partial charge in [0.2, 0.25) is 0 Å². The van der Waals surface area contributed by atoms with Crippen molar-refractivity contribution in [2.24, 2.45) is 17.3 Å². The second kappa shape index (κ2) is 10.6. The van der Waals surface area contributed by atoms with E-state index in [-0.39, 0.29) is 36.1 Å². The molecule has 1 saturated carbocycles. The number of fused-ring (bicyclic) bond motifs is 1. The molecule has 1 heterocycles. The molecule has 0 amide bonds. The molecule has 1 aliphatic carbocycles. The highest BCUT2D eigenvalue weighted by molar-refractivity contribution is 5.94. The van der Waals surface area contributed by atoms with Gasteiger partial charge in [-0.1, -0.05) is 82.2 Å². The standard InChI is InChI=1S/C30H34O5/c1-4-5-17-30(2,3)27(31)16-15-23-24-18-28(32)34-26(24)19-25(23)35-29(33)22-13-11-21(12-14-22)20-9-7-6-8-10-20/h6-16,23-26H,4-5,17-19H2,1-3H3/b16-15+. The highest BCUT2D eigenvalue weighted by Crippen LogP contribution is 2.44. The van der Waals surface area contributed by atoms with Crippen LogP contribution in [0.3, 0.4) is 0 Å². The largest absolute Gasteiger partial charge is 0.462 e. The minimum absolute atomic E-state index is 0.0567. The van der Waals surface area contributed by atoms with Crippen LogP contribution in [0, 0.1) is 17.3 Å². The molecule has 1 saturated heterocycles. The Bertz CT molecular complexity index is 1080. The highest BCUT2D eigenvalue weighted by atomic mass is 16.6. The van der Waals surface area contributed by atoms with Gasteiger partial charge in [0.05, 0.1) is 12.0 Å². The van der Waals surface area contributed by atoms with Crippen molar-refractivity contribution in [1.29, 1.82) is 0 Å². The van der Waals surface area contributed by atoms with Crippen molar-refractivity contribution in [3.63, 3.8) is 0 Å². The molecule has 1 aliphatic heterocycles. The first-order valence-electron chi connectivity index (χ1n) is 12.6. The fraction of sp³-hybridized carbons (Fsp3) is 0.433. The number of unbranched alkanes of at least 4 members (excludes halogenated alkanes) is 1. The molecule has 2 aliphatic rings. The number of allylic oxidation sites excluding steroid dienone is 1. The van der Waals surface area contributed by atoms with E-state index < -0.39 is 17.5 Å². The lowest BCUT2D eigenvalue weighted by Gasteiger charge is -2.23. The summed E-state index contributed by atoms with van der Waals surface area (Å²) in [5.41, 5.74) is 2.13. The molecular formula is C30H34O5. The lowest BCUT2D eigenvalue weighted by Crippen LogP contribution is -2.26. The number of hydrogen-bond donors (Lipinski definition) is 0. The molecule has 2 fully saturated rings. The van der Waals surface area contributed by atoms with E-state index in [1.165, 1.54) is 0 Å². The second-order valence-corrected chi connectivity index (χ2v) is 10.3. The van der Waals surface area contributed by atoms with Gasteiger partial charge in [-0.25, -0.2) is 4.79 Å².